The molecule has 2 aromatic rings. The number of hydrogen-bond donors (Lipinski definition) is 1. The van der Waals surface area contributed by atoms with Crippen LogP contribution in [0.3, 0.4) is 0 Å². The number of carboxylic acid groups (broad SMARTS) is 1. The summed E-state index contributed by atoms with van der Waals surface area (Å²) in [6.45, 7) is 0. The Morgan fingerprint density at radius 2 is 2.35 bits per heavy atom. The Labute approximate surface area is 101 Å². The second kappa shape index (κ2) is 4.50. The molecule has 0 aromatic carbocycles. The normalized spacial score (nSPS) is 10.4. The molecule has 0 bridgehead atoms. The lowest BCUT2D eigenvalue weighted by Gasteiger charge is -2.05. The van der Waals surface area contributed by atoms with Gasteiger partial charge in [0.15, 0.2) is 0 Å². The van der Waals surface area contributed by atoms with Gasteiger partial charge < -0.3 is 5.11 Å². The fraction of sp³-hybridized carbons (Fsp3) is 0.182. The van der Waals surface area contributed by atoms with Crippen LogP contribution in [0.2, 0.25) is 0 Å². The number of aromatic carboxylic acids is 1. The summed E-state index contributed by atoms with van der Waals surface area (Å²) in [6, 6.07) is 3.78. The van der Waals surface area contributed by atoms with Crippen LogP contribution in [-0.4, -0.2) is 20.9 Å². The third kappa shape index (κ3) is 2.26. The second-order valence-electron chi connectivity index (χ2n) is 3.53. The van der Waals surface area contributed by atoms with Crippen molar-refractivity contribution < 1.29 is 9.90 Å². The first kappa shape index (κ1) is 11.5. The van der Waals surface area contributed by atoms with Crippen molar-refractivity contribution in [3.63, 3.8) is 0 Å². The number of carbonyl (C=O) groups is 1. The number of hydrogen-bond acceptors (Lipinski definition) is 4. The first-order valence-electron chi connectivity index (χ1n) is 4.90. The number of carboxylic acids is 1. The van der Waals surface area contributed by atoms with Crippen molar-refractivity contribution in [2.75, 3.05) is 0 Å². The zero-order valence-corrected chi connectivity index (χ0v) is 9.90. The standard InChI is InChI=1S/C11H10N2O3S/c1-13-10(14)9(11(15)16)7(6-12-13)5-8-3-2-4-17-8/h2-4,6H,5H2,1H3,(H,15,16). The number of aromatic nitrogens is 2. The molecule has 0 aliphatic carbocycles. The molecule has 2 aromatic heterocycles. The van der Waals surface area contributed by atoms with E-state index >= 15 is 0 Å². The molecule has 0 fully saturated rings. The van der Waals surface area contributed by atoms with Crippen LogP contribution in [0.4, 0.5) is 0 Å². The third-order valence-electron chi connectivity index (χ3n) is 2.37. The van der Waals surface area contributed by atoms with E-state index in [1.165, 1.54) is 24.6 Å². The Hall–Kier alpha value is -1.95. The van der Waals surface area contributed by atoms with Crippen molar-refractivity contribution in [1.29, 1.82) is 0 Å². The summed E-state index contributed by atoms with van der Waals surface area (Å²) in [4.78, 5) is 23.8. The van der Waals surface area contributed by atoms with Crippen molar-refractivity contribution in [2.45, 2.75) is 6.42 Å². The van der Waals surface area contributed by atoms with Gasteiger partial charge in [-0.05, 0) is 17.0 Å². The average Bonchev–Trinajstić information content (AvgIpc) is 2.76. The molecule has 0 saturated carbocycles. The summed E-state index contributed by atoms with van der Waals surface area (Å²) < 4.78 is 1.03. The minimum Gasteiger partial charge on any atom is -0.477 e. The molecule has 0 aliphatic heterocycles. The van der Waals surface area contributed by atoms with E-state index in [0.29, 0.717) is 12.0 Å². The van der Waals surface area contributed by atoms with Crippen LogP contribution in [0.25, 0.3) is 0 Å². The fourth-order valence-electron chi connectivity index (χ4n) is 1.54. The molecular formula is C11H10N2O3S. The molecule has 0 radical (unpaired) electrons. The van der Waals surface area contributed by atoms with Gasteiger partial charge in [0.2, 0.25) is 0 Å². The van der Waals surface area contributed by atoms with Gasteiger partial charge in [-0.2, -0.15) is 5.10 Å². The minimum absolute atomic E-state index is 0.198. The average molecular weight is 250 g/mol. The molecule has 88 valence electrons. The number of nitrogens with zero attached hydrogens (tertiary/aromatic N) is 2. The number of thiophene rings is 1. The maximum absolute atomic E-state index is 11.7. The second-order valence-corrected chi connectivity index (χ2v) is 4.57. The molecule has 1 N–H and O–H groups in total. The zero-order chi connectivity index (χ0) is 12.4. The Morgan fingerprint density at radius 3 is 2.94 bits per heavy atom. The van der Waals surface area contributed by atoms with Gasteiger partial charge >= 0.3 is 5.97 Å². The lowest BCUT2D eigenvalue weighted by Crippen LogP contribution is -2.28. The Balaban J connectivity index is 2.51. The van der Waals surface area contributed by atoms with Gasteiger partial charge in [-0.25, -0.2) is 9.48 Å². The summed E-state index contributed by atoms with van der Waals surface area (Å²) in [7, 11) is 1.43. The van der Waals surface area contributed by atoms with Crippen molar-refractivity contribution in [3.8, 4) is 0 Å². The van der Waals surface area contributed by atoms with Crippen molar-refractivity contribution in [3.05, 3.63) is 50.1 Å². The quantitative estimate of drug-likeness (QED) is 0.886. The van der Waals surface area contributed by atoms with Gasteiger partial charge in [-0.3, -0.25) is 4.79 Å². The summed E-state index contributed by atoms with van der Waals surface area (Å²) >= 11 is 1.52. The van der Waals surface area contributed by atoms with E-state index in [4.69, 9.17) is 5.11 Å². The summed E-state index contributed by atoms with van der Waals surface area (Å²) in [5.74, 6) is -1.21. The largest absolute Gasteiger partial charge is 0.477 e. The minimum atomic E-state index is -1.21. The maximum atomic E-state index is 11.7. The van der Waals surface area contributed by atoms with E-state index in [9.17, 15) is 9.59 Å². The number of aryl methyl sites for hydroxylation is 1. The molecule has 2 heterocycles. The Morgan fingerprint density at radius 1 is 1.59 bits per heavy atom. The van der Waals surface area contributed by atoms with Crippen LogP contribution in [0.15, 0.2) is 28.5 Å². The molecule has 17 heavy (non-hydrogen) atoms. The molecule has 0 aliphatic rings. The Kier molecular flexibility index (Phi) is 3.06. The molecule has 5 nitrogen and oxygen atoms in total. The van der Waals surface area contributed by atoms with Crippen LogP contribution in [-0.2, 0) is 13.5 Å². The van der Waals surface area contributed by atoms with E-state index in [1.54, 1.807) is 0 Å². The molecular weight excluding hydrogens is 240 g/mol. The summed E-state index contributed by atoms with van der Waals surface area (Å²) in [5.41, 5.74) is -0.328. The highest BCUT2D eigenvalue weighted by atomic mass is 32.1. The summed E-state index contributed by atoms with van der Waals surface area (Å²) in [6.07, 6.45) is 1.85. The molecule has 6 heteroatoms. The van der Waals surface area contributed by atoms with E-state index in [-0.39, 0.29) is 5.56 Å². The first-order chi connectivity index (χ1) is 8.09. The van der Waals surface area contributed by atoms with Crippen LogP contribution in [0.5, 0.6) is 0 Å². The summed E-state index contributed by atoms with van der Waals surface area (Å²) in [5, 5.41) is 14.8. The van der Waals surface area contributed by atoms with E-state index in [1.807, 2.05) is 17.5 Å². The highest BCUT2D eigenvalue weighted by Gasteiger charge is 2.17. The lowest BCUT2D eigenvalue weighted by atomic mass is 10.1. The van der Waals surface area contributed by atoms with Crippen molar-refractivity contribution in [2.24, 2.45) is 7.05 Å². The van der Waals surface area contributed by atoms with Crippen molar-refractivity contribution >= 4 is 17.3 Å². The van der Waals surface area contributed by atoms with Gasteiger partial charge in [-0.1, -0.05) is 6.07 Å². The van der Waals surface area contributed by atoms with E-state index in [0.717, 1.165) is 9.56 Å². The topological polar surface area (TPSA) is 72.2 Å². The van der Waals surface area contributed by atoms with Crippen LogP contribution >= 0.6 is 11.3 Å². The molecule has 2 rings (SSSR count). The van der Waals surface area contributed by atoms with Gasteiger partial charge in [0, 0.05) is 18.3 Å². The zero-order valence-electron chi connectivity index (χ0n) is 9.08. The van der Waals surface area contributed by atoms with Gasteiger partial charge in [0.05, 0.1) is 6.20 Å². The van der Waals surface area contributed by atoms with Gasteiger partial charge in [-0.15, -0.1) is 11.3 Å². The smallest absolute Gasteiger partial charge is 0.341 e. The molecule has 0 saturated heterocycles. The third-order valence-corrected chi connectivity index (χ3v) is 3.25. The highest BCUT2D eigenvalue weighted by Crippen LogP contribution is 2.15. The van der Waals surface area contributed by atoms with E-state index in [2.05, 4.69) is 5.10 Å². The molecule has 0 atom stereocenters. The number of rotatable bonds is 3. The monoisotopic (exact) mass is 250 g/mol. The van der Waals surface area contributed by atoms with Crippen LogP contribution in [0, 0.1) is 0 Å². The SMILES string of the molecule is Cn1ncc(Cc2cccs2)c(C(=O)O)c1=O. The highest BCUT2D eigenvalue weighted by molar-refractivity contribution is 7.09. The van der Waals surface area contributed by atoms with Gasteiger partial charge in [0.1, 0.15) is 5.56 Å². The molecule has 0 spiro atoms. The predicted octanol–water partition coefficient (Wildman–Crippen LogP) is 1.13. The first-order valence-corrected chi connectivity index (χ1v) is 5.78. The van der Waals surface area contributed by atoms with Crippen molar-refractivity contribution in [1.82, 2.24) is 9.78 Å². The maximum Gasteiger partial charge on any atom is 0.341 e. The predicted molar refractivity (Wildman–Crippen MR) is 63.6 cm³/mol. The van der Waals surface area contributed by atoms with Crippen LogP contribution < -0.4 is 5.56 Å². The van der Waals surface area contributed by atoms with Gasteiger partial charge in [0.25, 0.3) is 5.56 Å². The fourth-order valence-corrected chi connectivity index (χ4v) is 2.26. The lowest BCUT2D eigenvalue weighted by molar-refractivity contribution is 0.0692. The molecule has 0 amide bonds. The Bertz CT molecular complexity index is 602. The van der Waals surface area contributed by atoms with Crippen LogP contribution in [0.1, 0.15) is 20.8 Å². The van der Waals surface area contributed by atoms with E-state index < -0.39 is 11.5 Å². The molecule has 0 unspecified atom stereocenters.